The van der Waals surface area contributed by atoms with Crippen LogP contribution in [0.3, 0.4) is 0 Å². The van der Waals surface area contributed by atoms with Gasteiger partial charge in [0.1, 0.15) is 0 Å². The average Bonchev–Trinajstić information content (AvgIpc) is 2.18. The van der Waals surface area contributed by atoms with E-state index in [2.05, 4.69) is 0 Å². The van der Waals surface area contributed by atoms with Gasteiger partial charge in [-0.25, -0.2) is 8.78 Å². The van der Waals surface area contributed by atoms with Gasteiger partial charge in [-0.05, 0) is 20.4 Å². The second-order valence-electron chi connectivity index (χ2n) is 4.13. The lowest BCUT2D eigenvalue weighted by Gasteiger charge is -2.12. The smallest absolute Gasteiger partial charge is 0.255 e. The van der Waals surface area contributed by atoms with Crippen molar-refractivity contribution in [2.45, 2.75) is 31.7 Å². The van der Waals surface area contributed by atoms with E-state index in [1.807, 2.05) is 18.9 Å². The van der Waals surface area contributed by atoms with Crippen LogP contribution in [0.2, 0.25) is 0 Å². The lowest BCUT2D eigenvalue weighted by Crippen LogP contribution is -2.22. The predicted molar refractivity (Wildman–Crippen MR) is 38.7 cm³/mol. The van der Waals surface area contributed by atoms with Crippen LogP contribution in [0.5, 0.6) is 0 Å². The molecule has 0 aromatic rings. The third-order valence-electron chi connectivity index (χ3n) is 3.20. The van der Waals surface area contributed by atoms with Crippen molar-refractivity contribution in [2.24, 2.45) is 5.41 Å². The highest BCUT2D eigenvalue weighted by molar-refractivity contribution is 5.15. The van der Waals surface area contributed by atoms with E-state index in [1.54, 1.807) is 0 Å². The molecule has 0 bridgehead atoms. The van der Waals surface area contributed by atoms with Crippen molar-refractivity contribution in [2.75, 3.05) is 13.6 Å². The van der Waals surface area contributed by atoms with E-state index in [0.717, 1.165) is 0 Å². The van der Waals surface area contributed by atoms with Crippen LogP contribution in [0.1, 0.15) is 19.8 Å². The van der Waals surface area contributed by atoms with Crippen LogP contribution in [0.15, 0.2) is 0 Å². The minimum atomic E-state index is -2.36. The van der Waals surface area contributed by atoms with Crippen molar-refractivity contribution in [3.8, 4) is 0 Å². The Morgan fingerprint density at radius 3 is 2.18 bits per heavy atom. The summed E-state index contributed by atoms with van der Waals surface area (Å²) in [6.45, 7) is 2.60. The molecular formula is C8H13F2N. The molecule has 0 radical (unpaired) electrons. The maximum absolute atomic E-state index is 12.8. The molecule has 3 heteroatoms. The van der Waals surface area contributed by atoms with Gasteiger partial charge in [0.15, 0.2) is 0 Å². The summed E-state index contributed by atoms with van der Waals surface area (Å²) < 4.78 is 25.6. The van der Waals surface area contributed by atoms with Gasteiger partial charge >= 0.3 is 0 Å². The van der Waals surface area contributed by atoms with Crippen LogP contribution < -0.4 is 0 Å². The number of halogens is 2. The maximum Gasteiger partial charge on any atom is 0.255 e. The zero-order valence-corrected chi connectivity index (χ0v) is 6.90. The molecule has 0 aromatic heterocycles. The Kier molecular flexibility index (Phi) is 1.20. The molecule has 11 heavy (non-hydrogen) atoms. The SMILES string of the molecule is C[C@@H]1CC2(CN1C)CC2(F)F. The standard InChI is InChI=1S/C8H13F2N/c1-6-3-7(5-11(6)2)4-8(7,9)10/h6H,3-5H2,1-2H3/t6-,7?/m1/s1. The number of likely N-dealkylation sites (tertiary alicyclic amines) is 1. The molecule has 1 heterocycles. The molecule has 1 unspecified atom stereocenters. The molecule has 1 aliphatic heterocycles. The molecule has 64 valence electrons. The molecular weight excluding hydrogens is 148 g/mol. The van der Waals surface area contributed by atoms with Gasteiger partial charge in [0.25, 0.3) is 5.92 Å². The molecule has 0 amide bonds. The average molecular weight is 161 g/mol. The summed E-state index contributed by atoms with van der Waals surface area (Å²) in [4.78, 5) is 2.03. The van der Waals surface area contributed by atoms with Crippen LogP contribution in [-0.4, -0.2) is 30.5 Å². The Labute approximate surface area is 65.4 Å². The molecule has 1 saturated heterocycles. The van der Waals surface area contributed by atoms with E-state index in [0.29, 0.717) is 19.0 Å². The Morgan fingerprint density at radius 2 is 2.00 bits per heavy atom. The highest BCUT2D eigenvalue weighted by atomic mass is 19.3. The summed E-state index contributed by atoms with van der Waals surface area (Å²) in [7, 11) is 1.92. The maximum atomic E-state index is 12.8. The van der Waals surface area contributed by atoms with E-state index < -0.39 is 11.3 Å². The largest absolute Gasteiger partial charge is 0.303 e. The normalized spacial score (nSPS) is 48.5. The van der Waals surface area contributed by atoms with Gasteiger partial charge in [0.2, 0.25) is 0 Å². The first-order valence-corrected chi connectivity index (χ1v) is 4.05. The molecule has 0 aromatic carbocycles. The fraction of sp³-hybridized carbons (Fsp3) is 1.00. The summed E-state index contributed by atoms with van der Waals surface area (Å²) in [6, 6.07) is 0.336. The monoisotopic (exact) mass is 161 g/mol. The van der Waals surface area contributed by atoms with Gasteiger partial charge in [-0.3, -0.25) is 0 Å². The van der Waals surface area contributed by atoms with Gasteiger partial charge in [0.05, 0.1) is 5.41 Å². The summed E-state index contributed by atoms with van der Waals surface area (Å²) >= 11 is 0. The molecule has 1 spiro atoms. The second-order valence-corrected chi connectivity index (χ2v) is 4.13. The minimum absolute atomic E-state index is 0.120. The van der Waals surface area contributed by atoms with Crippen molar-refractivity contribution in [1.82, 2.24) is 4.90 Å². The van der Waals surface area contributed by atoms with Crippen LogP contribution in [0.4, 0.5) is 8.78 Å². The van der Waals surface area contributed by atoms with Gasteiger partial charge in [-0.1, -0.05) is 0 Å². The first-order chi connectivity index (χ1) is 4.97. The molecule has 0 N–H and O–H groups in total. The van der Waals surface area contributed by atoms with Crippen molar-refractivity contribution in [3.63, 3.8) is 0 Å². The fourth-order valence-electron chi connectivity index (χ4n) is 2.19. The van der Waals surface area contributed by atoms with Crippen LogP contribution in [-0.2, 0) is 0 Å². The number of hydrogen-bond donors (Lipinski definition) is 0. The Balaban J connectivity index is 2.12. The van der Waals surface area contributed by atoms with Crippen molar-refractivity contribution in [1.29, 1.82) is 0 Å². The number of rotatable bonds is 0. The molecule has 2 atom stereocenters. The molecule has 1 nitrogen and oxygen atoms in total. The highest BCUT2D eigenvalue weighted by Crippen LogP contribution is 2.65. The second kappa shape index (κ2) is 1.76. The first-order valence-electron chi connectivity index (χ1n) is 4.05. The zero-order chi connectivity index (χ0) is 8.28. The lowest BCUT2D eigenvalue weighted by atomic mass is 10.0. The van der Waals surface area contributed by atoms with Crippen LogP contribution >= 0.6 is 0 Å². The van der Waals surface area contributed by atoms with Crippen molar-refractivity contribution < 1.29 is 8.78 Å². The quantitative estimate of drug-likeness (QED) is 0.523. The van der Waals surface area contributed by atoms with Crippen LogP contribution in [0, 0.1) is 5.41 Å². The summed E-state index contributed by atoms with van der Waals surface area (Å²) in [5, 5.41) is 0. The van der Waals surface area contributed by atoms with Crippen molar-refractivity contribution >= 4 is 0 Å². The topological polar surface area (TPSA) is 3.24 Å². The third-order valence-corrected chi connectivity index (χ3v) is 3.20. The molecule has 2 rings (SSSR count). The van der Waals surface area contributed by atoms with E-state index in [1.165, 1.54) is 0 Å². The number of nitrogens with zero attached hydrogens (tertiary/aromatic N) is 1. The fourth-order valence-corrected chi connectivity index (χ4v) is 2.19. The lowest BCUT2D eigenvalue weighted by molar-refractivity contribution is 0.0672. The van der Waals surface area contributed by atoms with Crippen molar-refractivity contribution in [3.05, 3.63) is 0 Å². The van der Waals surface area contributed by atoms with Gasteiger partial charge < -0.3 is 4.90 Å². The summed E-state index contributed by atoms with van der Waals surface area (Å²) in [6.07, 6.45) is 0.797. The first kappa shape index (κ1) is 7.47. The Morgan fingerprint density at radius 1 is 1.45 bits per heavy atom. The van der Waals surface area contributed by atoms with E-state index in [9.17, 15) is 8.78 Å². The minimum Gasteiger partial charge on any atom is -0.303 e. The molecule has 2 aliphatic rings. The van der Waals surface area contributed by atoms with Crippen LogP contribution in [0.25, 0.3) is 0 Å². The third kappa shape index (κ3) is 0.835. The predicted octanol–water partition coefficient (Wildman–Crippen LogP) is 1.74. The molecule has 1 aliphatic carbocycles. The Hall–Kier alpha value is -0.180. The van der Waals surface area contributed by atoms with Gasteiger partial charge in [0, 0.05) is 19.0 Å². The van der Waals surface area contributed by atoms with E-state index in [-0.39, 0.29) is 6.42 Å². The highest BCUT2D eigenvalue weighted by Gasteiger charge is 2.73. The van der Waals surface area contributed by atoms with Gasteiger partial charge in [-0.2, -0.15) is 0 Å². The summed E-state index contributed by atoms with van der Waals surface area (Å²) in [5.41, 5.74) is -0.624. The zero-order valence-electron chi connectivity index (χ0n) is 6.90. The Bertz CT molecular complexity index is 181. The number of alkyl halides is 2. The van der Waals surface area contributed by atoms with E-state index in [4.69, 9.17) is 0 Å². The number of hydrogen-bond acceptors (Lipinski definition) is 1. The van der Waals surface area contributed by atoms with E-state index >= 15 is 0 Å². The molecule has 2 fully saturated rings. The summed E-state index contributed by atoms with van der Waals surface area (Å²) in [5.74, 6) is -2.36. The molecule has 1 saturated carbocycles. The van der Waals surface area contributed by atoms with Gasteiger partial charge in [-0.15, -0.1) is 0 Å².